The number of rotatable bonds is 4. The fourth-order valence-corrected chi connectivity index (χ4v) is 3.40. The Morgan fingerprint density at radius 1 is 0.929 bits per heavy atom. The molecular weight excluding hydrogens is 418 g/mol. The van der Waals surface area contributed by atoms with E-state index in [0.717, 1.165) is 21.3 Å². The molecule has 138 valence electrons. The molecule has 0 unspecified atom stereocenters. The number of primary amides is 1. The Kier molecular flexibility index (Phi) is 4.71. The minimum absolute atomic E-state index is 0.236. The van der Waals surface area contributed by atoms with Crippen molar-refractivity contribution in [1.29, 1.82) is 0 Å². The van der Waals surface area contributed by atoms with Gasteiger partial charge < -0.3 is 16.4 Å². The number of carbonyl (C=O) groups excluding carboxylic acids is 2. The highest BCUT2D eigenvalue weighted by Gasteiger charge is 2.29. The number of amides is 2. The molecule has 1 heterocycles. The van der Waals surface area contributed by atoms with Gasteiger partial charge in [-0.1, -0.05) is 52.3 Å². The minimum Gasteiger partial charge on any atom is -0.366 e. The topological polar surface area (TPSA) is 84.2 Å². The second-order valence-corrected chi connectivity index (χ2v) is 7.24. The molecule has 0 saturated heterocycles. The van der Waals surface area contributed by atoms with Crippen molar-refractivity contribution in [3.8, 4) is 0 Å². The zero-order chi connectivity index (χ0) is 19.7. The van der Waals surface area contributed by atoms with Crippen molar-refractivity contribution in [2.45, 2.75) is 0 Å². The summed E-state index contributed by atoms with van der Waals surface area (Å²) in [6.07, 6.45) is 0. The van der Waals surface area contributed by atoms with Crippen molar-refractivity contribution in [2.75, 3.05) is 10.6 Å². The van der Waals surface area contributed by atoms with Crippen LogP contribution in [0.2, 0.25) is 0 Å². The third-order valence-corrected chi connectivity index (χ3v) is 5.00. The molecule has 0 aromatic heterocycles. The number of hydrogen-bond acceptors (Lipinski definition) is 3. The van der Waals surface area contributed by atoms with Gasteiger partial charge in [0.1, 0.15) is 0 Å². The first kappa shape index (κ1) is 18.0. The predicted octanol–water partition coefficient (Wildman–Crippen LogP) is 4.48. The van der Waals surface area contributed by atoms with Gasteiger partial charge in [0.25, 0.3) is 5.91 Å². The lowest BCUT2D eigenvalue weighted by atomic mass is 9.99. The summed E-state index contributed by atoms with van der Waals surface area (Å²) in [6.45, 7) is 0. The highest BCUT2D eigenvalue weighted by molar-refractivity contribution is 9.10. The van der Waals surface area contributed by atoms with Crippen LogP contribution in [0.25, 0.3) is 11.3 Å². The molecule has 4 rings (SSSR count). The van der Waals surface area contributed by atoms with Crippen LogP contribution < -0.4 is 16.4 Å². The number of fused-ring (bicyclic) bond motifs is 1. The summed E-state index contributed by atoms with van der Waals surface area (Å²) in [4.78, 5) is 24.3. The normalized spacial score (nSPS) is 14.2. The van der Waals surface area contributed by atoms with E-state index in [1.54, 1.807) is 18.2 Å². The molecule has 4 N–H and O–H groups in total. The molecule has 2 amide bonds. The van der Waals surface area contributed by atoms with Crippen molar-refractivity contribution >= 4 is 50.4 Å². The predicted molar refractivity (Wildman–Crippen MR) is 115 cm³/mol. The van der Waals surface area contributed by atoms with Gasteiger partial charge in [0.2, 0.25) is 5.91 Å². The van der Waals surface area contributed by atoms with Crippen LogP contribution in [0, 0.1) is 0 Å². The molecule has 6 heteroatoms. The van der Waals surface area contributed by atoms with Crippen LogP contribution >= 0.6 is 15.9 Å². The van der Waals surface area contributed by atoms with Gasteiger partial charge in [0.15, 0.2) is 0 Å². The molecule has 0 fully saturated rings. The molecule has 0 aliphatic carbocycles. The SMILES string of the molecule is NC(=O)c1ccc2c(c1)NC(=O)C2=C(Nc1ccc(Br)cc1)c1ccccc1. The van der Waals surface area contributed by atoms with E-state index in [1.165, 1.54) is 0 Å². The third-order valence-electron chi connectivity index (χ3n) is 4.47. The van der Waals surface area contributed by atoms with Crippen LogP contribution in [0.15, 0.2) is 77.3 Å². The smallest absolute Gasteiger partial charge is 0.258 e. The van der Waals surface area contributed by atoms with Gasteiger partial charge in [-0.25, -0.2) is 0 Å². The second kappa shape index (κ2) is 7.32. The van der Waals surface area contributed by atoms with Crippen molar-refractivity contribution in [1.82, 2.24) is 0 Å². The lowest BCUT2D eigenvalue weighted by Crippen LogP contribution is -2.11. The maximum absolute atomic E-state index is 12.8. The number of carbonyl (C=O) groups is 2. The first-order valence-electron chi connectivity index (χ1n) is 8.61. The first-order chi connectivity index (χ1) is 13.5. The zero-order valence-corrected chi connectivity index (χ0v) is 16.3. The molecule has 28 heavy (non-hydrogen) atoms. The standard InChI is InChI=1S/C22H16BrN3O2/c23-15-7-9-16(10-8-15)25-20(13-4-2-1-3-5-13)19-17-11-6-14(21(24)27)12-18(17)26-22(19)28/h1-12,25H,(H2,24,27)(H,26,28). The highest BCUT2D eigenvalue weighted by Crippen LogP contribution is 2.38. The van der Waals surface area contributed by atoms with Crippen molar-refractivity contribution in [3.05, 3.63) is 94.0 Å². The van der Waals surface area contributed by atoms with Crippen LogP contribution in [-0.2, 0) is 4.79 Å². The zero-order valence-electron chi connectivity index (χ0n) is 14.7. The lowest BCUT2D eigenvalue weighted by Gasteiger charge is -2.15. The lowest BCUT2D eigenvalue weighted by molar-refractivity contribution is -0.110. The van der Waals surface area contributed by atoms with Crippen molar-refractivity contribution in [2.24, 2.45) is 5.73 Å². The van der Waals surface area contributed by atoms with Crippen LogP contribution in [0.5, 0.6) is 0 Å². The molecule has 0 spiro atoms. The molecule has 0 saturated carbocycles. The Hall–Kier alpha value is -3.38. The highest BCUT2D eigenvalue weighted by atomic mass is 79.9. The molecule has 1 aliphatic heterocycles. The van der Waals surface area contributed by atoms with Gasteiger partial charge in [-0.15, -0.1) is 0 Å². The van der Waals surface area contributed by atoms with Crippen molar-refractivity contribution < 1.29 is 9.59 Å². The molecule has 0 radical (unpaired) electrons. The van der Waals surface area contributed by atoms with Crippen LogP contribution in [0.4, 0.5) is 11.4 Å². The summed E-state index contributed by atoms with van der Waals surface area (Å²) in [7, 11) is 0. The Labute approximate surface area is 170 Å². The summed E-state index contributed by atoms with van der Waals surface area (Å²) in [5.41, 5.74) is 9.93. The van der Waals surface area contributed by atoms with E-state index >= 15 is 0 Å². The first-order valence-corrected chi connectivity index (χ1v) is 9.40. The van der Waals surface area contributed by atoms with E-state index in [9.17, 15) is 9.59 Å². The molecule has 1 aliphatic rings. The van der Waals surface area contributed by atoms with Gasteiger partial charge in [-0.05, 0) is 42.0 Å². The van der Waals surface area contributed by atoms with E-state index in [2.05, 4.69) is 26.6 Å². The Morgan fingerprint density at radius 3 is 2.32 bits per heavy atom. The number of anilines is 2. The van der Waals surface area contributed by atoms with Gasteiger partial charge in [-0.3, -0.25) is 9.59 Å². The second-order valence-electron chi connectivity index (χ2n) is 6.33. The molecule has 3 aromatic rings. The molecule has 0 bridgehead atoms. The van der Waals surface area contributed by atoms with Gasteiger partial charge in [0, 0.05) is 27.0 Å². The van der Waals surface area contributed by atoms with Gasteiger partial charge in [0.05, 0.1) is 11.3 Å². The Balaban J connectivity index is 1.88. The van der Waals surface area contributed by atoms with E-state index in [0.29, 0.717) is 22.5 Å². The quantitative estimate of drug-likeness (QED) is 0.530. The summed E-state index contributed by atoms with van der Waals surface area (Å²) in [5.74, 6) is -0.772. The molecule has 5 nitrogen and oxygen atoms in total. The van der Waals surface area contributed by atoms with Crippen LogP contribution in [-0.4, -0.2) is 11.8 Å². The Bertz CT molecular complexity index is 1110. The molecule has 0 atom stereocenters. The fourth-order valence-electron chi connectivity index (χ4n) is 3.14. The summed E-state index contributed by atoms with van der Waals surface area (Å²) in [5, 5.41) is 6.22. The van der Waals surface area contributed by atoms with Crippen molar-refractivity contribution in [3.63, 3.8) is 0 Å². The molecule has 3 aromatic carbocycles. The average molecular weight is 434 g/mol. The number of benzene rings is 3. The van der Waals surface area contributed by atoms with Gasteiger partial charge in [-0.2, -0.15) is 0 Å². The van der Waals surface area contributed by atoms with E-state index in [4.69, 9.17) is 5.73 Å². The number of nitrogens with one attached hydrogen (secondary N) is 2. The van der Waals surface area contributed by atoms with Crippen LogP contribution in [0.1, 0.15) is 21.5 Å². The minimum atomic E-state index is -0.536. The number of halogens is 1. The third kappa shape index (κ3) is 3.42. The maximum atomic E-state index is 12.8. The largest absolute Gasteiger partial charge is 0.366 e. The maximum Gasteiger partial charge on any atom is 0.258 e. The molecular formula is C22H16BrN3O2. The number of nitrogens with two attached hydrogens (primary N) is 1. The van der Waals surface area contributed by atoms with Crippen LogP contribution in [0.3, 0.4) is 0 Å². The van der Waals surface area contributed by atoms with Gasteiger partial charge >= 0.3 is 0 Å². The van der Waals surface area contributed by atoms with E-state index in [1.807, 2.05) is 54.6 Å². The summed E-state index contributed by atoms with van der Waals surface area (Å²) in [6, 6.07) is 22.3. The Morgan fingerprint density at radius 2 is 1.64 bits per heavy atom. The fraction of sp³-hybridized carbons (Fsp3) is 0. The number of hydrogen-bond donors (Lipinski definition) is 3. The van der Waals surface area contributed by atoms with E-state index < -0.39 is 5.91 Å². The summed E-state index contributed by atoms with van der Waals surface area (Å²) >= 11 is 3.43. The van der Waals surface area contributed by atoms with E-state index in [-0.39, 0.29) is 5.91 Å². The average Bonchev–Trinajstić information content (AvgIpc) is 3.03. The summed E-state index contributed by atoms with van der Waals surface area (Å²) < 4.78 is 0.968. The monoisotopic (exact) mass is 433 g/mol.